The van der Waals surface area contributed by atoms with Gasteiger partial charge in [-0.3, -0.25) is 10.1 Å². The van der Waals surface area contributed by atoms with Crippen molar-refractivity contribution in [2.24, 2.45) is 5.92 Å². The fourth-order valence-corrected chi connectivity index (χ4v) is 5.41. The number of halogens is 1. The van der Waals surface area contributed by atoms with E-state index in [-0.39, 0.29) is 24.5 Å². The molecule has 2 heterocycles. The molecule has 0 spiro atoms. The van der Waals surface area contributed by atoms with Gasteiger partial charge in [-0.05, 0) is 51.3 Å². The van der Waals surface area contributed by atoms with Crippen LogP contribution in [0.25, 0.3) is 0 Å². The molecular formula is C29H40ClNO8. The molecule has 3 N–H and O–H groups in total. The number of cyclic esters (lactones) is 1. The maximum Gasteiger partial charge on any atom is 0.409 e. The molecule has 0 radical (unpaired) electrons. The number of methoxy groups -OCH3 is 2. The molecule has 1 amide bonds. The summed E-state index contributed by atoms with van der Waals surface area (Å²) in [6.07, 6.45) is 2.29. The second-order valence-corrected chi connectivity index (χ2v) is 11.2. The summed E-state index contributed by atoms with van der Waals surface area (Å²) in [5, 5.41) is 25.0. The molecule has 9 nitrogen and oxygen atoms in total. The standard InChI is InChI=1S/C29H40ClNO8/c1-16(11-20-12-17(2)25(30)21(14-20)36-6)9-8-10-24(37-7)29(35)15-22(38-27(34)31-29)19(4)26-28(5,39-26)23(33)13-18(3)32/h8-10,12,14,19,22-24,26,33,35H,11,13,15H2,1-7H3,(H,31,34)/b10-8+,16-9+. The number of aliphatic hydroxyl groups is 2. The minimum absolute atomic E-state index is 0.0235. The van der Waals surface area contributed by atoms with E-state index >= 15 is 0 Å². The molecule has 7 unspecified atom stereocenters. The zero-order chi connectivity index (χ0) is 29.1. The van der Waals surface area contributed by atoms with Gasteiger partial charge in [-0.25, -0.2) is 4.79 Å². The SMILES string of the molecule is COc1cc(C/C(C)=C/C=C/C(OC)C2(O)CC(C(C)C3OC3(C)C(O)CC(C)=O)OC(=O)N2)cc(C)c1Cl. The number of nitrogens with one attached hydrogen (secondary N) is 1. The van der Waals surface area contributed by atoms with Crippen LogP contribution in [0.1, 0.15) is 51.7 Å². The number of allylic oxidation sites excluding steroid dienone is 3. The van der Waals surface area contributed by atoms with E-state index in [0.717, 1.165) is 16.7 Å². The summed E-state index contributed by atoms with van der Waals surface area (Å²) in [5.74, 6) is 0.133. The first kappa shape index (κ1) is 31.1. The van der Waals surface area contributed by atoms with Crippen molar-refractivity contribution in [1.29, 1.82) is 0 Å². The van der Waals surface area contributed by atoms with Crippen molar-refractivity contribution in [3.63, 3.8) is 0 Å². The Balaban J connectivity index is 1.69. The third kappa shape index (κ3) is 7.21. The molecular weight excluding hydrogens is 526 g/mol. The first-order valence-electron chi connectivity index (χ1n) is 13.0. The molecule has 3 rings (SSSR count). The van der Waals surface area contributed by atoms with E-state index in [4.69, 9.17) is 30.5 Å². The first-order valence-corrected chi connectivity index (χ1v) is 13.4. The van der Waals surface area contributed by atoms with Gasteiger partial charge < -0.3 is 29.2 Å². The predicted molar refractivity (Wildman–Crippen MR) is 147 cm³/mol. The van der Waals surface area contributed by atoms with E-state index < -0.39 is 41.8 Å². The van der Waals surface area contributed by atoms with Gasteiger partial charge in [0.05, 0.1) is 24.3 Å². The van der Waals surface area contributed by atoms with Crippen LogP contribution < -0.4 is 10.1 Å². The molecule has 2 aliphatic heterocycles. The average Bonchev–Trinajstić information content (AvgIpc) is 3.55. The monoisotopic (exact) mass is 565 g/mol. The number of carbonyl (C=O) groups excluding carboxylic acids is 2. The molecule has 2 saturated heterocycles. The van der Waals surface area contributed by atoms with Gasteiger partial charge in [0.1, 0.15) is 29.3 Å². The number of hydrogen-bond donors (Lipinski definition) is 3. The molecule has 2 fully saturated rings. The molecule has 1 aromatic carbocycles. The summed E-state index contributed by atoms with van der Waals surface area (Å²) in [5.41, 5.74) is 0.379. The van der Waals surface area contributed by atoms with Crippen LogP contribution >= 0.6 is 11.6 Å². The first-order chi connectivity index (χ1) is 18.2. The number of epoxide rings is 1. The second kappa shape index (κ2) is 12.4. The van der Waals surface area contributed by atoms with Crippen molar-refractivity contribution in [2.75, 3.05) is 14.2 Å². The number of ketones is 1. The smallest absolute Gasteiger partial charge is 0.409 e. The van der Waals surface area contributed by atoms with E-state index in [1.165, 1.54) is 14.0 Å². The number of benzene rings is 1. The fraction of sp³-hybridized carbons (Fsp3) is 0.586. The lowest BCUT2D eigenvalue weighted by atomic mass is 9.83. The quantitative estimate of drug-likeness (QED) is 0.256. The number of amides is 1. The van der Waals surface area contributed by atoms with E-state index in [1.807, 2.05) is 39.0 Å². The van der Waals surface area contributed by atoms with Crippen LogP contribution in [0.3, 0.4) is 0 Å². The van der Waals surface area contributed by atoms with E-state index in [0.29, 0.717) is 17.2 Å². The molecule has 39 heavy (non-hydrogen) atoms. The molecule has 0 aromatic heterocycles. The van der Waals surface area contributed by atoms with Crippen molar-refractivity contribution in [2.45, 2.75) is 89.6 Å². The Bertz CT molecular complexity index is 1140. The third-order valence-corrected chi connectivity index (χ3v) is 8.04. The van der Waals surface area contributed by atoms with Gasteiger partial charge in [0, 0.05) is 25.9 Å². The van der Waals surface area contributed by atoms with Gasteiger partial charge in [-0.15, -0.1) is 0 Å². The van der Waals surface area contributed by atoms with Crippen LogP contribution in [-0.2, 0) is 25.4 Å². The Labute approximate surface area is 235 Å². The Morgan fingerprint density at radius 1 is 1.33 bits per heavy atom. The molecule has 216 valence electrons. The zero-order valence-corrected chi connectivity index (χ0v) is 24.4. The van der Waals surface area contributed by atoms with Gasteiger partial charge in [0.2, 0.25) is 0 Å². The van der Waals surface area contributed by atoms with Crippen molar-refractivity contribution in [3.05, 3.63) is 52.1 Å². The van der Waals surface area contributed by atoms with Crippen LogP contribution in [0, 0.1) is 12.8 Å². The Kier molecular flexibility index (Phi) is 9.88. The number of ether oxygens (including phenoxy) is 4. The number of hydrogen-bond acceptors (Lipinski definition) is 8. The summed E-state index contributed by atoms with van der Waals surface area (Å²) in [6, 6.07) is 3.92. The zero-order valence-electron chi connectivity index (χ0n) is 23.6. The summed E-state index contributed by atoms with van der Waals surface area (Å²) < 4.78 is 22.2. The number of rotatable bonds is 12. The molecule has 0 saturated carbocycles. The van der Waals surface area contributed by atoms with Gasteiger partial charge in [-0.1, -0.05) is 48.4 Å². The molecule has 0 bridgehead atoms. The van der Waals surface area contributed by atoms with Crippen LogP contribution in [-0.4, -0.2) is 72.1 Å². The van der Waals surface area contributed by atoms with E-state index in [1.54, 1.807) is 26.2 Å². The summed E-state index contributed by atoms with van der Waals surface area (Å²) in [4.78, 5) is 23.9. The Morgan fingerprint density at radius 2 is 2.03 bits per heavy atom. The second-order valence-electron chi connectivity index (χ2n) is 10.9. The van der Waals surface area contributed by atoms with Crippen molar-refractivity contribution in [1.82, 2.24) is 5.32 Å². The number of carbonyl (C=O) groups is 2. The minimum Gasteiger partial charge on any atom is -0.495 e. The van der Waals surface area contributed by atoms with Gasteiger partial charge in [0.15, 0.2) is 5.72 Å². The fourth-order valence-electron chi connectivity index (χ4n) is 5.22. The van der Waals surface area contributed by atoms with Crippen molar-refractivity contribution < 1.29 is 38.7 Å². The maximum atomic E-state index is 12.4. The largest absolute Gasteiger partial charge is 0.495 e. The highest BCUT2D eigenvalue weighted by Gasteiger charge is 2.62. The maximum absolute atomic E-state index is 12.4. The number of Topliss-reactive ketones (excluding diaryl/α,β-unsaturated/α-hetero) is 1. The number of aliphatic hydroxyl groups excluding tert-OH is 1. The number of aryl methyl sites for hydroxylation is 1. The molecule has 0 aliphatic carbocycles. The van der Waals surface area contributed by atoms with Crippen LogP contribution in [0.2, 0.25) is 5.02 Å². The normalized spacial score (nSPS) is 29.4. The van der Waals surface area contributed by atoms with E-state index in [2.05, 4.69) is 5.32 Å². The van der Waals surface area contributed by atoms with E-state index in [9.17, 15) is 19.8 Å². The predicted octanol–water partition coefficient (Wildman–Crippen LogP) is 4.04. The van der Waals surface area contributed by atoms with Crippen LogP contribution in [0.4, 0.5) is 4.79 Å². The lowest BCUT2D eigenvalue weighted by Gasteiger charge is -2.42. The van der Waals surface area contributed by atoms with Gasteiger partial charge in [-0.2, -0.15) is 0 Å². The minimum atomic E-state index is -1.73. The highest BCUT2D eigenvalue weighted by Crippen LogP contribution is 2.47. The van der Waals surface area contributed by atoms with Crippen LogP contribution in [0.5, 0.6) is 5.75 Å². The summed E-state index contributed by atoms with van der Waals surface area (Å²) in [6.45, 7) is 8.88. The molecule has 10 heteroatoms. The van der Waals surface area contributed by atoms with Crippen molar-refractivity contribution in [3.8, 4) is 5.75 Å². The third-order valence-electron chi connectivity index (χ3n) is 7.56. The Hall–Kier alpha value is -2.43. The topological polar surface area (TPSA) is 127 Å². The van der Waals surface area contributed by atoms with Crippen LogP contribution in [0.15, 0.2) is 35.9 Å². The highest BCUT2D eigenvalue weighted by molar-refractivity contribution is 6.32. The molecule has 2 aliphatic rings. The van der Waals surface area contributed by atoms with Gasteiger partial charge >= 0.3 is 6.09 Å². The highest BCUT2D eigenvalue weighted by atomic mass is 35.5. The van der Waals surface area contributed by atoms with Crippen molar-refractivity contribution >= 4 is 23.5 Å². The lowest BCUT2D eigenvalue weighted by molar-refractivity contribution is -0.142. The lowest BCUT2D eigenvalue weighted by Crippen LogP contribution is -2.63. The molecule has 1 aromatic rings. The van der Waals surface area contributed by atoms with Gasteiger partial charge in [0.25, 0.3) is 0 Å². The summed E-state index contributed by atoms with van der Waals surface area (Å²) in [7, 11) is 3.03. The average molecular weight is 566 g/mol. The number of alkyl carbamates (subject to hydrolysis) is 1. The summed E-state index contributed by atoms with van der Waals surface area (Å²) >= 11 is 6.27. The molecule has 7 atom stereocenters. The Morgan fingerprint density at radius 3 is 2.64 bits per heavy atom.